The summed E-state index contributed by atoms with van der Waals surface area (Å²) in [6.07, 6.45) is 0.791. The smallest absolute Gasteiger partial charge is 0.117 e. The Labute approximate surface area is 72.4 Å². The van der Waals surface area contributed by atoms with Crippen LogP contribution in [0.2, 0.25) is 0 Å². The minimum atomic E-state index is 0.240. The van der Waals surface area contributed by atoms with Crippen LogP contribution in [0.5, 0.6) is 0 Å². The van der Waals surface area contributed by atoms with Gasteiger partial charge < -0.3 is 14.8 Å². The highest BCUT2D eigenvalue weighted by atomic mass is 16.3. The zero-order valence-electron chi connectivity index (χ0n) is 7.34. The summed E-state index contributed by atoms with van der Waals surface area (Å²) in [5, 5.41) is 11.7. The van der Waals surface area contributed by atoms with Crippen molar-refractivity contribution >= 4 is 0 Å². The van der Waals surface area contributed by atoms with E-state index in [1.54, 1.807) is 0 Å². The van der Waals surface area contributed by atoms with Gasteiger partial charge in [-0.05, 0) is 32.0 Å². The van der Waals surface area contributed by atoms with Gasteiger partial charge in [-0.25, -0.2) is 0 Å². The van der Waals surface area contributed by atoms with Crippen LogP contribution in [0, 0.1) is 6.92 Å². The molecule has 3 nitrogen and oxygen atoms in total. The van der Waals surface area contributed by atoms with Crippen molar-refractivity contribution in [2.45, 2.75) is 19.9 Å². The van der Waals surface area contributed by atoms with Gasteiger partial charge in [-0.2, -0.15) is 0 Å². The first-order chi connectivity index (χ1) is 5.83. The first-order valence-corrected chi connectivity index (χ1v) is 4.20. The largest absolute Gasteiger partial charge is 0.465 e. The van der Waals surface area contributed by atoms with Crippen molar-refractivity contribution in [2.75, 3.05) is 13.2 Å². The maximum Gasteiger partial charge on any atom is 0.117 e. The van der Waals surface area contributed by atoms with Crippen LogP contribution in [0.4, 0.5) is 0 Å². The van der Waals surface area contributed by atoms with Crippen LogP contribution >= 0.6 is 0 Å². The highest BCUT2D eigenvalue weighted by Crippen LogP contribution is 2.04. The predicted molar refractivity (Wildman–Crippen MR) is 46.9 cm³/mol. The number of aliphatic hydroxyl groups is 1. The topological polar surface area (TPSA) is 45.4 Å². The Morgan fingerprint density at radius 3 is 2.92 bits per heavy atom. The molecule has 0 aliphatic heterocycles. The zero-order chi connectivity index (χ0) is 8.81. The van der Waals surface area contributed by atoms with Crippen LogP contribution in [0.25, 0.3) is 0 Å². The molecule has 0 aliphatic carbocycles. The Balaban J connectivity index is 2.15. The van der Waals surface area contributed by atoms with Crippen molar-refractivity contribution in [1.29, 1.82) is 0 Å². The summed E-state index contributed by atoms with van der Waals surface area (Å²) in [4.78, 5) is 0. The summed E-state index contributed by atoms with van der Waals surface area (Å²) in [6, 6.07) is 3.91. The number of aryl methyl sites for hydroxylation is 1. The van der Waals surface area contributed by atoms with E-state index in [2.05, 4.69) is 5.32 Å². The van der Waals surface area contributed by atoms with E-state index in [1.807, 2.05) is 19.1 Å². The molecule has 0 radical (unpaired) electrons. The number of aliphatic hydroxyl groups excluding tert-OH is 1. The Morgan fingerprint density at radius 2 is 2.33 bits per heavy atom. The van der Waals surface area contributed by atoms with Crippen molar-refractivity contribution < 1.29 is 9.52 Å². The first kappa shape index (κ1) is 9.29. The molecule has 3 heteroatoms. The molecule has 1 rings (SSSR count). The second-order valence-corrected chi connectivity index (χ2v) is 2.77. The number of hydrogen-bond donors (Lipinski definition) is 2. The van der Waals surface area contributed by atoms with E-state index in [-0.39, 0.29) is 6.61 Å². The molecule has 1 aromatic heterocycles. The van der Waals surface area contributed by atoms with E-state index in [0.29, 0.717) is 0 Å². The Bertz CT molecular complexity index is 220. The fourth-order valence-corrected chi connectivity index (χ4v) is 0.996. The van der Waals surface area contributed by atoms with Crippen molar-refractivity contribution in [3.05, 3.63) is 23.7 Å². The molecular formula is C9H15NO2. The first-order valence-electron chi connectivity index (χ1n) is 4.20. The lowest BCUT2D eigenvalue weighted by Crippen LogP contribution is -2.15. The van der Waals surface area contributed by atoms with Crippen molar-refractivity contribution in [3.63, 3.8) is 0 Å². The third kappa shape index (κ3) is 3.07. The second-order valence-electron chi connectivity index (χ2n) is 2.77. The Hall–Kier alpha value is -0.800. The molecule has 0 fully saturated rings. The predicted octanol–water partition coefficient (Wildman–Crippen LogP) is 1.06. The van der Waals surface area contributed by atoms with E-state index in [4.69, 9.17) is 9.52 Å². The standard InChI is InChI=1S/C9H15NO2/c1-8-3-4-9(12-8)7-10-5-2-6-11/h3-4,10-11H,2,5-7H2,1H3. The summed E-state index contributed by atoms with van der Waals surface area (Å²) < 4.78 is 5.34. The summed E-state index contributed by atoms with van der Waals surface area (Å²) in [7, 11) is 0. The Morgan fingerprint density at radius 1 is 1.50 bits per heavy atom. The summed E-state index contributed by atoms with van der Waals surface area (Å²) in [5.41, 5.74) is 0. The molecule has 0 unspecified atom stereocenters. The van der Waals surface area contributed by atoms with Crippen LogP contribution in [0.15, 0.2) is 16.5 Å². The van der Waals surface area contributed by atoms with E-state index in [1.165, 1.54) is 0 Å². The van der Waals surface area contributed by atoms with Crippen LogP contribution in [-0.4, -0.2) is 18.3 Å². The van der Waals surface area contributed by atoms with Gasteiger partial charge in [0.2, 0.25) is 0 Å². The van der Waals surface area contributed by atoms with Crippen molar-refractivity contribution in [1.82, 2.24) is 5.32 Å². The van der Waals surface area contributed by atoms with E-state index in [0.717, 1.165) is 31.0 Å². The summed E-state index contributed by atoms with van der Waals surface area (Å²) >= 11 is 0. The molecule has 12 heavy (non-hydrogen) atoms. The molecule has 0 saturated carbocycles. The lowest BCUT2D eigenvalue weighted by Gasteiger charge is -1.99. The lowest BCUT2D eigenvalue weighted by molar-refractivity contribution is 0.285. The van der Waals surface area contributed by atoms with Gasteiger partial charge in [-0.3, -0.25) is 0 Å². The van der Waals surface area contributed by atoms with Crippen LogP contribution in [0.1, 0.15) is 17.9 Å². The molecule has 0 aliphatic rings. The lowest BCUT2D eigenvalue weighted by atomic mass is 10.4. The molecule has 0 bridgehead atoms. The van der Waals surface area contributed by atoms with Gasteiger partial charge in [-0.15, -0.1) is 0 Å². The van der Waals surface area contributed by atoms with E-state index in [9.17, 15) is 0 Å². The van der Waals surface area contributed by atoms with Crippen LogP contribution < -0.4 is 5.32 Å². The zero-order valence-corrected chi connectivity index (χ0v) is 7.34. The average molecular weight is 169 g/mol. The minimum Gasteiger partial charge on any atom is -0.465 e. The monoisotopic (exact) mass is 169 g/mol. The van der Waals surface area contributed by atoms with Gasteiger partial charge in [0.05, 0.1) is 6.54 Å². The van der Waals surface area contributed by atoms with Crippen molar-refractivity contribution in [3.8, 4) is 0 Å². The fourth-order valence-electron chi connectivity index (χ4n) is 0.996. The molecule has 1 heterocycles. The second kappa shape index (κ2) is 4.95. The number of furan rings is 1. The molecule has 1 aromatic rings. The molecule has 0 spiro atoms. The SMILES string of the molecule is Cc1ccc(CNCCCO)o1. The van der Waals surface area contributed by atoms with Crippen molar-refractivity contribution in [2.24, 2.45) is 0 Å². The highest BCUT2D eigenvalue weighted by molar-refractivity contribution is 5.04. The third-order valence-electron chi connectivity index (χ3n) is 1.61. The molecular weight excluding hydrogens is 154 g/mol. The van der Waals surface area contributed by atoms with Gasteiger partial charge in [0.1, 0.15) is 11.5 Å². The minimum absolute atomic E-state index is 0.240. The third-order valence-corrected chi connectivity index (χ3v) is 1.61. The average Bonchev–Trinajstić information content (AvgIpc) is 2.45. The van der Waals surface area contributed by atoms with Gasteiger partial charge in [0.25, 0.3) is 0 Å². The van der Waals surface area contributed by atoms with Crippen LogP contribution in [-0.2, 0) is 6.54 Å². The van der Waals surface area contributed by atoms with Gasteiger partial charge in [0, 0.05) is 6.61 Å². The molecule has 0 saturated heterocycles. The molecule has 68 valence electrons. The molecule has 0 amide bonds. The van der Waals surface area contributed by atoms with Crippen LogP contribution in [0.3, 0.4) is 0 Å². The van der Waals surface area contributed by atoms with Gasteiger partial charge >= 0.3 is 0 Å². The number of hydrogen-bond acceptors (Lipinski definition) is 3. The molecule has 0 aromatic carbocycles. The quantitative estimate of drug-likeness (QED) is 0.648. The summed E-state index contributed by atoms with van der Waals surface area (Å²) in [6.45, 7) is 3.74. The Kier molecular flexibility index (Phi) is 3.84. The van der Waals surface area contributed by atoms with E-state index < -0.39 is 0 Å². The molecule has 0 atom stereocenters. The number of nitrogens with one attached hydrogen (secondary N) is 1. The van der Waals surface area contributed by atoms with Gasteiger partial charge in [0.15, 0.2) is 0 Å². The summed E-state index contributed by atoms with van der Waals surface area (Å²) in [5.74, 6) is 1.89. The number of rotatable bonds is 5. The normalized spacial score (nSPS) is 10.5. The maximum atomic E-state index is 8.50. The highest BCUT2D eigenvalue weighted by Gasteiger charge is 1.96. The fraction of sp³-hybridized carbons (Fsp3) is 0.556. The molecule has 2 N–H and O–H groups in total. The maximum absolute atomic E-state index is 8.50. The van der Waals surface area contributed by atoms with E-state index >= 15 is 0 Å². The van der Waals surface area contributed by atoms with Gasteiger partial charge in [-0.1, -0.05) is 0 Å².